The van der Waals surface area contributed by atoms with Crippen LogP contribution in [0.2, 0.25) is 0 Å². The quantitative estimate of drug-likeness (QED) is 0.751. The standard InChI is InChI=1S/C24H30FN3O2/c1-24(2,3)23(30)28(20-10-11-20)15-17-14-19(9-12-21(17)27(4)5)26-22(29)16-7-6-8-18(25)13-16/h6-9,12-14,20H,10-11,15H2,1-5H3,(H,26,29). The van der Waals surface area contributed by atoms with Gasteiger partial charge in [0, 0.05) is 49.0 Å². The van der Waals surface area contributed by atoms with Crippen molar-refractivity contribution in [2.75, 3.05) is 24.3 Å². The molecule has 0 spiro atoms. The fraction of sp³-hybridized carbons (Fsp3) is 0.417. The first-order chi connectivity index (χ1) is 14.1. The molecule has 5 nitrogen and oxygen atoms in total. The van der Waals surface area contributed by atoms with Crippen molar-refractivity contribution in [2.45, 2.75) is 46.2 Å². The van der Waals surface area contributed by atoms with Gasteiger partial charge in [0.15, 0.2) is 0 Å². The number of hydrogen-bond donors (Lipinski definition) is 1. The van der Waals surface area contributed by atoms with Gasteiger partial charge in [-0.1, -0.05) is 26.8 Å². The van der Waals surface area contributed by atoms with E-state index in [9.17, 15) is 14.0 Å². The minimum Gasteiger partial charge on any atom is -0.377 e. The van der Waals surface area contributed by atoms with Gasteiger partial charge in [0.25, 0.3) is 5.91 Å². The molecule has 2 aromatic carbocycles. The van der Waals surface area contributed by atoms with Crippen LogP contribution < -0.4 is 10.2 Å². The molecule has 0 radical (unpaired) electrons. The van der Waals surface area contributed by atoms with Gasteiger partial charge in [-0.25, -0.2) is 4.39 Å². The summed E-state index contributed by atoms with van der Waals surface area (Å²) < 4.78 is 13.4. The van der Waals surface area contributed by atoms with Crippen molar-refractivity contribution >= 4 is 23.2 Å². The second kappa shape index (κ2) is 8.46. The lowest BCUT2D eigenvalue weighted by atomic mass is 9.94. The van der Waals surface area contributed by atoms with E-state index in [1.807, 2.05) is 62.9 Å². The largest absolute Gasteiger partial charge is 0.377 e. The van der Waals surface area contributed by atoms with E-state index in [0.717, 1.165) is 24.1 Å². The fourth-order valence-corrected chi connectivity index (χ4v) is 3.43. The van der Waals surface area contributed by atoms with Crippen LogP contribution in [0.3, 0.4) is 0 Å². The van der Waals surface area contributed by atoms with E-state index >= 15 is 0 Å². The van der Waals surface area contributed by atoms with Crippen LogP contribution in [0.25, 0.3) is 0 Å². The fourth-order valence-electron chi connectivity index (χ4n) is 3.43. The molecule has 2 aromatic rings. The molecule has 0 bridgehead atoms. The summed E-state index contributed by atoms with van der Waals surface area (Å²) in [7, 11) is 3.91. The summed E-state index contributed by atoms with van der Waals surface area (Å²) >= 11 is 0. The number of benzene rings is 2. The first kappa shape index (κ1) is 21.8. The van der Waals surface area contributed by atoms with Crippen LogP contribution in [0.1, 0.15) is 49.5 Å². The molecule has 3 rings (SSSR count). The van der Waals surface area contributed by atoms with E-state index in [-0.39, 0.29) is 23.4 Å². The van der Waals surface area contributed by atoms with Gasteiger partial charge in [-0.15, -0.1) is 0 Å². The molecule has 6 heteroatoms. The Labute approximate surface area is 177 Å². The topological polar surface area (TPSA) is 52.7 Å². The van der Waals surface area contributed by atoms with Gasteiger partial charge in [0.05, 0.1) is 0 Å². The molecular weight excluding hydrogens is 381 g/mol. The summed E-state index contributed by atoms with van der Waals surface area (Å²) in [6.45, 7) is 6.30. The number of nitrogens with zero attached hydrogens (tertiary/aromatic N) is 2. The highest BCUT2D eigenvalue weighted by atomic mass is 19.1. The second-order valence-corrected chi connectivity index (χ2v) is 9.12. The molecular formula is C24H30FN3O2. The molecule has 1 fully saturated rings. The number of hydrogen-bond acceptors (Lipinski definition) is 3. The minimum atomic E-state index is -0.454. The van der Waals surface area contributed by atoms with Gasteiger partial charge in [0.2, 0.25) is 5.91 Å². The Morgan fingerprint density at radius 2 is 1.80 bits per heavy atom. The number of rotatable bonds is 6. The zero-order valence-corrected chi connectivity index (χ0v) is 18.3. The molecule has 0 heterocycles. The monoisotopic (exact) mass is 411 g/mol. The molecule has 30 heavy (non-hydrogen) atoms. The Morgan fingerprint density at radius 3 is 2.37 bits per heavy atom. The Balaban J connectivity index is 1.87. The number of halogens is 1. The number of nitrogens with one attached hydrogen (secondary N) is 1. The van der Waals surface area contributed by atoms with Gasteiger partial charge in [0.1, 0.15) is 5.82 Å². The molecule has 1 aliphatic carbocycles. The smallest absolute Gasteiger partial charge is 0.255 e. The lowest BCUT2D eigenvalue weighted by molar-refractivity contribution is -0.140. The summed E-state index contributed by atoms with van der Waals surface area (Å²) in [5.74, 6) is -0.696. The predicted molar refractivity (Wildman–Crippen MR) is 118 cm³/mol. The maximum atomic E-state index is 13.4. The van der Waals surface area contributed by atoms with E-state index in [4.69, 9.17) is 0 Å². The van der Waals surface area contributed by atoms with Crippen molar-refractivity contribution in [3.05, 3.63) is 59.4 Å². The van der Waals surface area contributed by atoms with Crippen LogP contribution in [0.4, 0.5) is 15.8 Å². The third-order valence-electron chi connectivity index (χ3n) is 5.14. The lowest BCUT2D eigenvalue weighted by Crippen LogP contribution is -2.40. The second-order valence-electron chi connectivity index (χ2n) is 9.12. The Bertz CT molecular complexity index is 946. The van der Waals surface area contributed by atoms with E-state index < -0.39 is 11.2 Å². The van der Waals surface area contributed by atoms with Crippen molar-refractivity contribution in [1.29, 1.82) is 0 Å². The number of anilines is 2. The molecule has 2 amide bonds. The average Bonchev–Trinajstić information content (AvgIpc) is 3.49. The molecule has 1 saturated carbocycles. The average molecular weight is 412 g/mol. The number of carbonyl (C=O) groups is 2. The summed E-state index contributed by atoms with van der Waals surface area (Å²) in [4.78, 5) is 29.5. The predicted octanol–water partition coefficient (Wildman–Crippen LogP) is 4.68. The molecule has 0 atom stereocenters. The molecule has 0 saturated heterocycles. The molecule has 0 aliphatic heterocycles. The molecule has 1 N–H and O–H groups in total. The minimum absolute atomic E-state index is 0.129. The summed E-state index contributed by atoms with van der Waals surface area (Å²) in [6.07, 6.45) is 2.05. The van der Waals surface area contributed by atoms with Gasteiger partial charge >= 0.3 is 0 Å². The van der Waals surface area contributed by atoms with E-state index in [1.165, 1.54) is 18.2 Å². The third kappa shape index (κ3) is 5.17. The summed E-state index contributed by atoms with van der Waals surface area (Å²) in [5, 5.41) is 2.84. The van der Waals surface area contributed by atoms with Crippen molar-refractivity contribution in [3.8, 4) is 0 Å². The first-order valence-corrected chi connectivity index (χ1v) is 10.2. The van der Waals surface area contributed by atoms with Gasteiger partial charge < -0.3 is 15.1 Å². The van der Waals surface area contributed by atoms with Crippen LogP contribution in [0, 0.1) is 11.2 Å². The maximum absolute atomic E-state index is 13.4. The van der Waals surface area contributed by atoms with Crippen molar-refractivity contribution < 1.29 is 14.0 Å². The summed E-state index contributed by atoms with van der Waals surface area (Å²) in [5.41, 5.74) is 2.37. The zero-order chi connectivity index (χ0) is 22.1. The van der Waals surface area contributed by atoms with E-state index in [0.29, 0.717) is 12.2 Å². The normalized spacial score (nSPS) is 13.7. The van der Waals surface area contributed by atoms with Crippen LogP contribution in [0.5, 0.6) is 0 Å². The maximum Gasteiger partial charge on any atom is 0.255 e. The van der Waals surface area contributed by atoms with Crippen LogP contribution in [0.15, 0.2) is 42.5 Å². The van der Waals surface area contributed by atoms with E-state index in [1.54, 1.807) is 6.07 Å². The van der Waals surface area contributed by atoms with Crippen molar-refractivity contribution in [2.24, 2.45) is 5.41 Å². The molecule has 0 unspecified atom stereocenters. The van der Waals surface area contributed by atoms with Gasteiger partial charge in [-0.05, 0) is 54.8 Å². The van der Waals surface area contributed by atoms with Gasteiger partial charge in [-0.3, -0.25) is 9.59 Å². The highest BCUT2D eigenvalue weighted by Gasteiger charge is 2.37. The Morgan fingerprint density at radius 1 is 1.10 bits per heavy atom. The molecule has 160 valence electrons. The lowest BCUT2D eigenvalue weighted by Gasteiger charge is -2.31. The molecule has 1 aliphatic rings. The van der Waals surface area contributed by atoms with Crippen LogP contribution >= 0.6 is 0 Å². The van der Waals surface area contributed by atoms with Crippen LogP contribution in [-0.4, -0.2) is 36.9 Å². The van der Waals surface area contributed by atoms with Crippen molar-refractivity contribution in [1.82, 2.24) is 4.90 Å². The highest BCUT2D eigenvalue weighted by Crippen LogP contribution is 2.34. The number of carbonyl (C=O) groups excluding carboxylic acids is 2. The SMILES string of the molecule is CN(C)c1ccc(NC(=O)c2cccc(F)c2)cc1CN(C(=O)C(C)(C)C)C1CC1. The summed E-state index contributed by atoms with van der Waals surface area (Å²) in [6, 6.07) is 11.5. The van der Waals surface area contributed by atoms with E-state index in [2.05, 4.69) is 5.32 Å². The third-order valence-corrected chi connectivity index (χ3v) is 5.14. The molecule has 0 aromatic heterocycles. The zero-order valence-electron chi connectivity index (χ0n) is 18.3. The Kier molecular flexibility index (Phi) is 6.15. The van der Waals surface area contributed by atoms with Crippen LogP contribution in [-0.2, 0) is 11.3 Å². The van der Waals surface area contributed by atoms with Gasteiger partial charge in [-0.2, -0.15) is 0 Å². The highest BCUT2D eigenvalue weighted by molar-refractivity contribution is 6.04. The first-order valence-electron chi connectivity index (χ1n) is 10.2. The number of amides is 2. The Hall–Kier alpha value is -2.89. The van der Waals surface area contributed by atoms with Crippen molar-refractivity contribution in [3.63, 3.8) is 0 Å².